The van der Waals surface area contributed by atoms with E-state index in [4.69, 9.17) is 17.0 Å². The molecule has 0 saturated carbocycles. The molecule has 0 spiro atoms. The Balaban J connectivity index is 1.51. The largest absolute Gasteiger partial charge is 0.489 e. The minimum Gasteiger partial charge on any atom is -0.489 e. The molecule has 0 aliphatic carbocycles. The maximum absolute atomic E-state index is 5.83. The normalized spacial score (nSPS) is 10.6. The topological polar surface area (TPSA) is 45.7 Å². The van der Waals surface area contributed by atoms with Crippen LogP contribution in [0.3, 0.4) is 0 Å². The zero-order valence-electron chi connectivity index (χ0n) is 15.1. The van der Waals surface area contributed by atoms with E-state index in [0.717, 1.165) is 22.6 Å². The van der Waals surface area contributed by atoms with Gasteiger partial charge in [0.05, 0.1) is 6.21 Å². The van der Waals surface area contributed by atoms with Gasteiger partial charge < -0.3 is 10.1 Å². The molecule has 5 heteroatoms. The van der Waals surface area contributed by atoms with Crippen LogP contribution in [0, 0.1) is 6.92 Å². The van der Waals surface area contributed by atoms with Gasteiger partial charge in [-0.25, -0.2) is 0 Å². The average molecular weight is 375 g/mol. The second kappa shape index (κ2) is 9.50. The predicted octanol–water partition coefficient (Wildman–Crippen LogP) is 4.89. The number of rotatable bonds is 6. The standard InChI is InChI=1S/C22H21N3OS/c1-17-10-12-20(13-11-17)24-22(27)25-23-15-19-8-5-9-21(14-19)26-16-18-6-3-2-4-7-18/h2-15H,16H2,1H3,(H2,24,25,27)/b23-15+. The first kappa shape index (κ1) is 18.6. The summed E-state index contributed by atoms with van der Waals surface area (Å²) in [7, 11) is 0. The number of hydrogen-bond acceptors (Lipinski definition) is 3. The molecule has 3 rings (SSSR count). The zero-order valence-corrected chi connectivity index (χ0v) is 15.9. The van der Waals surface area contributed by atoms with Gasteiger partial charge in [-0.3, -0.25) is 5.43 Å². The van der Waals surface area contributed by atoms with Crippen LogP contribution in [-0.2, 0) is 6.61 Å². The molecule has 4 nitrogen and oxygen atoms in total. The molecule has 0 aromatic heterocycles. The summed E-state index contributed by atoms with van der Waals surface area (Å²) >= 11 is 5.25. The molecule has 0 unspecified atom stereocenters. The van der Waals surface area contributed by atoms with Crippen molar-refractivity contribution >= 4 is 29.2 Å². The molecule has 0 bridgehead atoms. The maximum Gasteiger partial charge on any atom is 0.191 e. The fraction of sp³-hybridized carbons (Fsp3) is 0.0909. The summed E-state index contributed by atoms with van der Waals surface area (Å²) in [6.07, 6.45) is 1.71. The van der Waals surface area contributed by atoms with Crippen molar-refractivity contribution in [3.05, 3.63) is 95.6 Å². The minimum absolute atomic E-state index is 0.437. The highest BCUT2D eigenvalue weighted by Gasteiger charge is 1.98. The first-order chi connectivity index (χ1) is 13.2. The lowest BCUT2D eigenvalue weighted by atomic mass is 10.2. The van der Waals surface area contributed by atoms with E-state index in [0.29, 0.717) is 11.7 Å². The lowest BCUT2D eigenvalue weighted by molar-refractivity contribution is 0.306. The van der Waals surface area contributed by atoms with Gasteiger partial charge in [0.1, 0.15) is 12.4 Å². The molecule has 0 amide bonds. The van der Waals surface area contributed by atoms with Crippen molar-refractivity contribution in [1.82, 2.24) is 5.43 Å². The van der Waals surface area contributed by atoms with E-state index in [1.807, 2.05) is 85.8 Å². The van der Waals surface area contributed by atoms with Gasteiger partial charge in [0.15, 0.2) is 5.11 Å². The third-order valence-electron chi connectivity index (χ3n) is 3.80. The Labute approximate surface area is 164 Å². The number of benzene rings is 3. The molecular formula is C22H21N3OS. The summed E-state index contributed by atoms with van der Waals surface area (Å²) in [6.45, 7) is 2.58. The average Bonchev–Trinajstić information content (AvgIpc) is 2.69. The quantitative estimate of drug-likeness (QED) is 0.366. The second-order valence-corrected chi connectivity index (χ2v) is 6.45. The summed E-state index contributed by atoms with van der Waals surface area (Å²) in [5.74, 6) is 0.795. The van der Waals surface area contributed by atoms with Gasteiger partial charge in [-0.15, -0.1) is 0 Å². The van der Waals surface area contributed by atoms with E-state index in [1.165, 1.54) is 5.56 Å². The summed E-state index contributed by atoms with van der Waals surface area (Å²) < 4.78 is 5.83. The van der Waals surface area contributed by atoms with Gasteiger partial charge in [-0.05, 0) is 54.5 Å². The highest BCUT2D eigenvalue weighted by atomic mass is 32.1. The van der Waals surface area contributed by atoms with Crippen molar-refractivity contribution in [2.24, 2.45) is 5.10 Å². The molecule has 2 N–H and O–H groups in total. The highest BCUT2D eigenvalue weighted by Crippen LogP contribution is 2.14. The smallest absolute Gasteiger partial charge is 0.191 e. The Morgan fingerprint density at radius 3 is 2.56 bits per heavy atom. The molecule has 0 fully saturated rings. The van der Waals surface area contributed by atoms with Crippen LogP contribution < -0.4 is 15.5 Å². The molecule has 136 valence electrons. The third kappa shape index (κ3) is 6.24. The van der Waals surface area contributed by atoms with Crippen molar-refractivity contribution in [2.45, 2.75) is 13.5 Å². The number of ether oxygens (including phenoxy) is 1. The van der Waals surface area contributed by atoms with Crippen LogP contribution in [0.1, 0.15) is 16.7 Å². The van der Waals surface area contributed by atoms with E-state index in [9.17, 15) is 0 Å². The molecule has 0 aliphatic heterocycles. The minimum atomic E-state index is 0.437. The van der Waals surface area contributed by atoms with Crippen LogP contribution >= 0.6 is 12.2 Å². The lowest BCUT2D eigenvalue weighted by Gasteiger charge is -2.08. The second-order valence-electron chi connectivity index (χ2n) is 6.04. The Morgan fingerprint density at radius 1 is 1.00 bits per heavy atom. The number of anilines is 1. The number of nitrogens with one attached hydrogen (secondary N) is 2. The van der Waals surface area contributed by atoms with Crippen LogP contribution in [0.5, 0.6) is 5.75 Å². The molecule has 3 aromatic rings. The fourth-order valence-electron chi connectivity index (χ4n) is 2.39. The van der Waals surface area contributed by atoms with E-state index in [1.54, 1.807) is 6.21 Å². The summed E-state index contributed by atoms with van der Waals surface area (Å²) in [6, 6.07) is 25.8. The number of hydrogen-bond donors (Lipinski definition) is 2. The Bertz CT molecular complexity index is 908. The molecule has 3 aromatic carbocycles. The van der Waals surface area contributed by atoms with Gasteiger partial charge >= 0.3 is 0 Å². The monoisotopic (exact) mass is 375 g/mol. The Kier molecular flexibility index (Phi) is 6.55. The maximum atomic E-state index is 5.83. The van der Waals surface area contributed by atoms with Gasteiger partial charge in [-0.2, -0.15) is 5.10 Å². The molecule has 0 atom stereocenters. The molecule has 0 saturated heterocycles. The molecular weight excluding hydrogens is 354 g/mol. The summed E-state index contributed by atoms with van der Waals surface area (Å²) in [5, 5.41) is 7.70. The fourth-order valence-corrected chi connectivity index (χ4v) is 2.56. The Morgan fingerprint density at radius 2 is 1.78 bits per heavy atom. The van der Waals surface area contributed by atoms with E-state index >= 15 is 0 Å². The van der Waals surface area contributed by atoms with Crippen LogP contribution in [0.25, 0.3) is 0 Å². The number of aryl methyl sites for hydroxylation is 1. The SMILES string of the molecule is Cc1ccc(NC(=S)N/N=C/c2cccc(OCc3ccccc3)c2)cc1. The number of nitrogens with zero attached hydrogens (tertiary/aromatic N) is 1. The van der Waals surface area contributed by atoms with Crippen molar-refractivity contribution in [2.75, 3.05) is 5.32 Å². The number of hydrazone groups is 1. The zero-order chi connectivity index (χ0) is 18.9. The van der Waals surface area contributed by atoms with Crippen LogP contribution in [0.4, 0.5) is 5.69 Å². The van der Waals surface area contributed by atoms with Gasteiger partial charge in [0, 0.05) is 5.69 Å². The summed E-state index contributed by atoms with van der Waals surface area (Å²) in [4.78, 5) is 0. The van der Waals surface area contributed by atoms with Crippen molar-refractivity contribution in [3.8, 4) is 5.75 Å². The highest BCUT2D eigenvalue weighted by molar-refractivity contribution is 7.80. The van der Waals surface area contributed by atoms with Crippen LogP contribution in [0.2, 0.25) is 0 Å². The summed E-state index contributed by atoms with van der Waals surface area (Å²) in [5.41, 5.74) is 6.99. The van der Waals surface area contributed by atoms with Crippen molar-refractivity contribution < 1.29 is 4.74 Å². The van der Waals surface area contributed by atoms with E-state index in [-0.39, 0.29) is 0 Å². The predicted molar refractivity (Wildman–Crippen MR) is 115 cm³/mol. The lowest BCUT2D eigenvalue weighted by Crippen LogP contribution is -2.23. The van der Waals surface area contributed by atoms with E-state index < -0.39 is 0 Å². The Hall–Kier alpha value is -3.18. The van der Waals surface area contributed by atoms with Crippen LogP contribution in [0.15, 0.2) is 84.0 Å². The molecule has 27 heavy (non-hydrogen) atoms. The van der Waals surface area contributed by atoms with Crippen molar-refractivity contribution in [1.29, 1.82) is 0 Å². The van der Waals surface area contributed by atoms with Crippen molar-refractivity contribution in [3.63, 3.8) is 0 Å². The first-order valence-electron chi connectivity index (χ1n) is 8.62. The van der Waals surface area contributed by atoms with Gasteiger partial charge in [-0.1, -0.05) is 60.2 Å². The molecule has 0 radical (unpaired) electrons. The molecule has 0 aliphatic rings. The third-order valence-corrected chi connectivity index (χ3v) is 3.99. The first-order valence-corrected chi connectivity index (χ1v) is 9.03. The number of thiocarbonyl (C=S) groups is 1. The molecule has 0 heterocycles. The van der Waals surface area contributed by atoms with Crippen LogP contribution in [-0.4, -0.2) is 11.3 Å². The van der Waals surface area contributed by atoms with Gasteiger partial charge in [0.2, 0.25) is 0 Å². The van der Waals surface area contributed by atoms with E-state index in [2.05, 4.69) is 15.8 Å². The van der Waals surface area contributed by atoms with Gasteiger partial charge in [0.25, 0.3) is 0 Å².